The molecule has 3 fully saturated rings. The van der Waals surface area contributed by atoms with Gasteiger partial charge in [0.15, 0.2) is 0 Å². The number of hydrogen-bond acceptors (Lipinski definition) is 7. The van der Waals surface area contributed by atoms with Gasteiger partial charge in [-0.05, 0) is 74.4 Å². The van der Waals surface area contributed by atoms with Crippen LogP contribution < -0.4 is 0 Å². The molecule has 1 aliphatic carbocycles. The Balaban J connectivity index is 1.31. The Hall–Kier alpha value is -3.50. The van der Waals surface area contributed by atoms with Crippen LogP contribution >= 0.6 is 11.6 Å². The molecule has 4 heterocycles. The Morgan fingerprint density at radius 2 is 1.86 bits per heavy atom. The van der Waals surface area contributed by atoms with Crippen molar-refractivity contribution in [1.29, 1.82) is 0 Å². The number of nitrogens with zero attached hydrogens (tertiary/aromatic N) is 5. The number of imide groups is 1. The van der Waals surface area contributed by atoms with Crippen LogP contribution in [0.5, 0.6) is 0 Å². The third-order valence-corrected chi connectivity index (χ3v) is 9.28. The second-order valence-electron chi connectivity index (χ2n) is 13.6. The van der Waals surface area contributed by atoms with Gasteiger partial charge in [0.1, 0.15) is 11.9 Å². The number of benzene rings is 1. The van der Waals surface area contributed by atoms with E-state index in [9.17, 15) is 14.4 Å². The normalized spacial score (nSPS) is 23.2. The van der Waals surface area contributed by atoms with Crippen LogP contribution in [0.25, 0.3) is 16.8 Å². The van der Waals surface area contributed by atoms with Gasteiger partial charge < -0.3 is 14.4 Å². The molecule has 3 atom stereocenters. The molecule has 3 aliphatic rings. The monoisotopic (exact) mass is 607 g/mol. The summed E-state index contributed by atoms with van der Waals surface area (Å²) in [6, 6.07) is 3.82. The van der Waals surface area contributed by atoms with E-state index in [1.54, 1.807) is 9.42 Å². The molecule has 2 saturated heterocycles. The third-order valence-electron chi connectivity index (χ3n) is 9.07. The molecule has 1 aromatic carbocycles. The molecule has 0 bridgehead atoms. The zero-order chi connectivity index (χ0) is 31.0. The van der Waals surface area contributed by atoms with Gasteiger partial charge in [0, 0.05) is 29.7 Å². The zero-order valence-electron chi connectivity index (χ0n) is 25.7. The van der Waals surface area contributed by atoms with Crippen LogP contribution in [0.2, 0.25) is 5.02 Å². The van der Waals surface area contributed by atoms with E-state index >= 15 is 0 Å². The van der Waals surface area contributed by atoms with Gasteiger partial charge >= 0.3 is 6.09 Å². The van der Waals surface area contributed by atoms with Crippen molar-refractivity contribution in [3.8, 4) is 11.3 Å². The van der Waals surface area contributed by atoms with Crippen molar-refractivity contribution in [3.63, 3.8) is 0 Å². The molecular formula is C32H38ClN5O5. The van der Waals surface area contributed by atoms with Crippen LogP contribution in [-0.2, 0) is 32.0 Å². The van der Waals surface area contributed by atoms with Crippen LogP contribution in [0.1, 0.15) is 56.9 Å². The average Bonchev–Trinajstić information content (AvgIpc) is 3.20. The zero-order valence-corrected chi connectivity index (χ0v) is 26.5. The number of piperidine rings is 1. The molecule has 43 heavy (non-hydrogen) atoms. The summed E-state index contributed by atoms with van der Waals surface area (Å²) < 4.78 is 13.5. The second kappa shape index (κ2) is 10.3. The van der Waals surface area contributed by atoms with Crippen molar-refractivity contribution in [2.24, 2.45) is 17.3 Å². The van der Waals surface area contributed by atoms with E-state index in [1.165, 1.54) is 11.2 Å². The number of morpholine rings is 1. The number of amides is 3. The maximum absolute atomic E-state index is 13.0. The van der Waals surface area contributed by atoms with Crippen molar-refractivity contribution in [1.82, 2.24) is 24.4 Å². The molecule has 10 nitrogen and oxygen atoms in total. The van der Waals surface area contributed by atoms with Crippen molar-refractivity contribution in [3.05, 3.63) is 51.9 Å². The number of aromatic nitrogens is 3. The smallest absolute Gasteiger partial charge is 0.410 e. The summed E-state index contributed by atoms with van der Waals surface area (Å²) in [6.45, 7) is 15.0. The fraction of sp³-hybridized carbons (Fsp3) is 0.531. The van der Waals surface area contributed by atoms with E-state index < -0.39 is 5.60 Å². The molecule has 0 N–H and O–H groups in total. The summed E-state index contributed by atoms with van der Waals surface area (Å²) in [5.74, 6) is -0.640. The predicted octanol–water partition coefficient (Wildman–Crippen LogP) is 4.99. The lowest BCUT2D eigenvalue weighted by Crippen LogP contribution is -2.48. The fourth-order valence-electron chi connectivity index (χ4n) is 6.72. The van der Waals surface area contributed by atoms with Gasteiger partial charge in [0.05, 0.1) is 48.8 Å². The number of rotatable bonds is 5. The summed E-state index contributed by atoms with van der Waals surface area (Å²) in [4.78, 5) is 46.7. The van der Waals surface area contributed by atoms with E-state index in [0.29, 0.717) is 36.8 Å². The van der Waals surface area contributed by atoms with E-state index in [4.69, 9.17) is 26.1 Å². The molecule has 6 rings (SSSR count). The van der Waals surface area contributed by atoms with Crippen molar-refractivity contribution in [2.75, 3.05) is 19.7 Å². The summed E-state index contributed by atoms with van der Waals surface area (Å²) in [6.07, 6.45) is 3.31. The van der Waals surface area contributed by atoms with Gasteiger partial charge in [-0.15, -0.1) is 0 Å². The Morgan fingerprint density at radius 3 is 2.53 bits per heavy atom. The largest absolute Gasteiger partial charge is 0.444 e. The maximum Gasteiger partial charge on any atom is 0.410 e. The highest BCUT2D eigenvalue weighted by Gasteiger charge is 2.72. The number of fused-ring (bicyclic) bond motifs is 2. The Bertz CT molecular complexity index is 1630. The average molecular weight is 608 g/mol. The van der Waals surface area contributed by atoms with Crippen LogP contribution in [0.4, 0.5) is 4.79 Å². The highest BCUT2D eigenvalue weighted by atomic mass is 35.5. The van der Waals surface area contributed by atoms with Crippen molar-refractivity contribution in [2.45, 2.75) is 73.1 Å². The Morgan fingerprint density at radius 1 is 1.16 bits per heavy atom. The molecule has 0 radical (unpaired) electrons. The molecule has 2 unspecified atom stereocenters. The Kier molecular flexibility index (Phi) is 7.08. The lowest BCUT2D eigenvalue weighted by Gasteiger charge is -2.34. The van der Waals surface area contributed by atoms with E-state index in [0.717, 1.165) is 33.3 Å². The van der Waals surface area contributed by atoms with E-state index in [2.05, 4.69) is 5.10 Å². The van der Waals surface area contributed by atoms with Crippen LogP contribution in [0, 0.1) is 31.1 Å². The lowest BCUT2D eigenvalue weighted by molar-refractivity contribution is -0.143. The number of aryl methyl sites for hydroxylation is 2. The number of halogens is 1. The number of carbonyl (C=O) groups excluding carboxylic acids is 3. The van der Waals surface area contributed by atoms with Crippen molar-refractivity contribution < 1.29 is 23.9 Å². The first-order valence-electron chi connectivity index (χ1n) is 14.7. The minimum absolute atomic E-state index is 0.0957. The number of ether oxygens (including phenoxy) is 2. The minimum atomic E-state index is -0.580. The third kappa shape index (κ3) is 5.18. The summed E-state index contributed by atoms with van der Waals surface area (Å²) in [5.41, 5.74) is 5.22. The number of likely N-dealkylation sites (tertiary alicyclic amines) is 1. The second-order valence-corrected chi connectivity index (χ2v) is 14.0. The highest BCUT2D eigenvalue weighted by Crippen LogP contribution is 2.63. The standard InChI is InChI=1S/C32H38ClN5O5/c1-17-10-20(33)11-23(22(17)12-21-15-36(8-9-42-21)30(41)43-31(3,4)5)26-27-18(2)19(14-38(27)35-16-34-26)13-37-28(39)24-25(29(37)40)32(24,6)7/h10-11,14,16,21,24-25H,8-9,12-13,15H2,1-7H3/t21-,24?,25?/m1/s1. The first-order valence-corrected chi connectivity index (χ1v) is 15.1. The molecule has 3 aromatic rings. The van der Waals surface area contributed by atoms with Gasteiger partial charge in [-0.2, -0.15) is 5.10 Å². The van der Waals surface area contributed by atoms with Gasteiger partial charge in [0.25, 0.3) is 0 Å². The van der Waals surface area contributed by atoms with Gasteiger partial charge in [-0.3, -0.25) is 14.5 Å². The molecule has 3 amide bonds. The summed E-state index contributed by atoms with van der Waals surface area (Å²) >= 11 is 6.59. The van der Waals surface area contributed by atoms with E-state index in [-0.39, 0.29) is 47.8 Å². The maximum atomic E-state index is 13.0. The fourth-order valence-corrected chi connectivity index (χ4v) is 6.99. The lowest BCUT2D eigenvalue weighted by atomic mass is 9.93. The molecule has 0 spiro atoms. The predicted molar refractivity (Wildman–Crippen MR) is 160 cm³/mol. The minimum Gasteiger partial charge on any atom is -0.444 e. The molecule has 1 saturated carbocycles. The first kappa shape index (κ1) is 29.6. The van der Waals surface area contributed by atoms with Gasteiger partial charge in [0.2, 0.25) is 11.8 Å². The molecule has 228 valence electrons. The molecule has 2 aromatic heterocycles. The SMILES string of the molecule is Cc1cc(Cl)cc(-c2ncnn3cc(CN4C(=O)C5C(C4=O)C5(C)C)c(C)c23)c1C[C@@H]1CN(C(=O)OC(C)(C)C)CCO1. The van der Waals surface area contributed by atoms with Crippen LogP contribution in [0.3, 0.4) is 0 Å². The van der Waals surface area contributed by atoms with Crippen molar-refractivity contribution >= 4 is 35.0 Å². The first-order chi connectivity index (χ1) is 20.2. The summed E-state index contributed by atoms with van der Waals surface area (Å²) in [7, 11) is 0. The quantitative estimate of drug-likeness (QED) is 0.376. The molecule has 2 aliphatic heterocycles. The van der Waals surface area contributed by atoms with Crippen LogP contribution in [-0.4, -0.2) is 73.7 Å². The molecule has 11 heteroatoms. The van der Waals surface area contributed by atoms with Crippen LogP contribution in [0.15, 0.2) is 24.7 Å². The van der Waals surface area contributed by atoms with Gasteiger partial charge in [-0.1, -0.05) is 25.4 Å². The number of carbonyl (C=O) groups is 3. The van der Waals surface area contributed by atoms with Gasteiger partial charge in [-0.25, -0.2) is 14.3 Å². The topological polar surface area (TPSA) is 106 Å². The molecular weight excluding hydrogens is 570 g/mol. The Labute approximate surface area is 256 Å². The van der Waals surface area contributed by atoms with E-state index in [1.807, 2.05) is 66.8 Å². The summed E-state index contributed by atoms with van der Waals surface area (Å²) in [5, 5.41) is 5.03. The highest BCUT2D eigenvalue weighted by molar-refractivity contribution is 6.31. The number of hydrogen-bond donors (Lipinski definition) is 0.